The van der Waals surface area contributed by atoms with Crippen LogP contribution in [0.4, 0.5) is 0 Å². The molecule has 5 rings (SSSR count). The molecule has 1 aliphatic heterocycles. The van der Waals surface area contributed by atoms with Crippen molar-refractivity contribution in [3.05, 3.63) is 83.3 Å². The molecule has 0 fully saturated rings. The van der Waals surface area contributed by atoms with Crippen LogP contribution in [0.5, 0.6) is 11.5 Å². The monoisotopic (exact) mass is 394 g/mol. The summed E-state index contributed by atoms with van der Waals surface area (Å²) in [7, 11) is 0. The molecule has 0 saturated carbocycles. The smallest absolute Gasteiger partial charge is 0.231 e. The molecule has 0 unspecified atom stereocenters. The molecule has 3 heterocycles. The summed E-state index contributed by atoms with van der Waals surface area (Å²) in [5, 5.41) is 9.17. The van der Waals surface area contributed by atoms with Crippen molar-refractivity contribution >= 4 is 0 Å². The van der Waals surface area contributed by atoms with E-state index in [0.717, 1.165) is 45.5 Å². The largest absolute Gasteiger partial charge is 0.454 e. The predicted octanol–water partition coefficient (Wildman–Crippen LogP) is 4.64. The van der Waals surface area contributed by atoms with Gasteiger partial charge in [-0.25, -0.2) is 4.98 Å². The summed E-state index contributed by atoms with van der Waals surface area (Å²) in [6, 6.07) is 21.5. The maximum atomic E-state index is 9.17. The molecule has 0 spiro atoms. The van der Waals surface area contributed by atoms with E-state index in [-0.39, 0.29) is 6.79 Å². The number of hydrogen-bond donors (Lipinski definition) is 1. The molecule has 146 valence electrons. The van der Waals surface area contributed by atoms with Crippen LogP contribution in [0.25, 0.3) is 22.6 Å². The molecule has 0 atom stereocenters. The van der Waals surface area contributed by atoms with E-state index in [9.17, 15) is 5.26 Å². The van der Waals surface area contributed by atoms with Gasteiger partial charge in [-0.1, -0.05) is 18.2 Å². The van der Waals surface area contributed by atoms with Gasteiger partial charge in [0.25, 0.3) is 0 Å². The second-order valence-electron chi connectivity index (χ2n) is 7.13. The van der Waals surface area contributed by atoms with E-state index in [1.807, 2.05) is 61.5 Å². The first-order chi connectivity index (χ1) is 14.7. The lowest BCUT2D eigenvalue weighted by molar-refractivity contribution is 0.174. The maximum Gasteiger partial charge on any atom is 0.231 e. The molecular weight excluding hydrogens is 376 g/mol. The average Bonchev–Trinajstić information content (AvgIpc) is 3.40. The molecule has 30 heavy (non-hydrogen) atoms. The van der Waals surface area contributed by atoms with Crippen LogP contribution >= 0.6 is 0 Å². The van der Waals surface area contributed by atoms with Crippen molar-refractivity contribution in [1.29, 1.82) is 5.26 Å². The summed E-state index contributed by atoms with van der Waals surface area (Å²) >= 11 is 0. The Kier molecular flexibility index (Phi) is 4.41. The lowest BCUT2D eigenvalue weighted by Crippen LogP contribution is -1.92. The van der Waals surface area contributed by atoms with Crippen molar-refractivity contribution in [2.75, 3.05) is 6.79 Å². The Labute approximate surface area is 173 Å². The Balaban J connectivity index is 1.60. The number of benzene rings is 2. The molecule has 0 saturated heterocycles. The van der Waals surface area contributed by atoms with E-state index in [2.05, 4.69) is 16.0 Å². The van der Waals surface area contributed by atoms with E-state index in [1.54, 1.807) is 6.07 Å². The molecule has 2 aromatic heterocycles. The number of rotatable bonds is 4. The topological polar surface area (TPSA) is 83.8 Å². The molecule has 6 heteroatoms. The Hall–Kier alpha value is -4.11. The Morgan fingerprint density at radius 3 is 2.73 bits per heavy atom. The maximum absolute atomic E-state index is 9.17. The summed E-state index contributed by atoms with van der Waals surface area (Å²) in [6.07, 6.45) is 0.582. The van der Waals surface area contributed by atoms with Crippen LogP contribution in [0.1, 0.15) is 22.6 Å². The molecule has 1 aliphatic rings. The Bertz CT molecular complexity index is 1290. The number of pyridine rings is 1. The number of aromatic nitrogens is 3. The minimum atomic E-state index is 0.228. The van der Waals surface area contributed by atoms with E-state index in [4.69, 9.17) is 14.5 Å². The van der Waals surface area contributed by atoms with Gasteiger partial charge in [-0.15, -0.1) is 0 Å². The highest BCUT2D eigenvalue weighted by molar-refractivity contribution is 5.78. The minimum Gasteiger partial charge on any atom is -0.454 e. The zero-order valence-corrected chi connectivity index (χ0v) is 16.3. The molecule has 0 amide bonds. The van der Waals surface area contributed by atoms with Crippen LogP contribution in [-0.4, -0.2) is 21.7 Å². The predicted molar refractivity (Wildman–Crippen MR) is 112 cm³/mol. The third-order valence-electron chi connectivity index (χ3n) is 4.97. The van der Waals surface area contributed by atoms with E-state index in [1.165, 1.54) is 0 Å². The lowest BCUT2D eigenvalue weighted by Gasteiger charge is -2.04. The Morgan fingerprint density at radius 1 is 1.00 bits per heavy atom. The fraction of sp³-hybridized carbons (Fsp3) is 0.125. The van der Waals surface area contributed by atoms with Crippen molar-refractivity contribution < 1.29 is 9.47 Å². The lowest BCUT2D eigenvalue weighted by atomic mass is 10.1. The van der Waals surface area contributed by atoms with Gasteiger partial charge in [0.15, 0.2) is 11.5 Å². The zero-order chi connectivity index (χ0) is 20.5. The van der Waals surface area contributed by atoms with E-state index in [0.29, 0.717) is 17.7 Å². The van der Waals surface area contributed by atoms with Gasteiger partial charge in [0.1, 0.15) is 5.82 Å². The van der Waals surface area contributed by atoms with Crippen molar-refractivity contribution in [2.45, 2.75) is 13.3 Å². The van der Waals surface area contributed by atoms with Crippen molar-refractivity contribution in [3.63, 3.8) is 0 Å². The summed E-state index contributed by atoms with van der Waals surface area (Å²) in [4.78, 5) is 13.0. The van der Waals surface area contributed by atoms with Crippen LogP contribution in [0.2, 0.25) is 0 Å². The SMILES string of the molecule is Cc1cccc(-c2[nH]c(Cc3cccc(C#N)c3)nc2-c2ccc3c(c2)OCO3)n1. The zero-order valence-electron chi connectivity index (χ0n) is 16.3. The Morgan fingerprint density at radius 2 is 1.87 bits per heavy atom. The first kappa shape index (κ1) is 18.0. The van der Waals surface area contributed by atoms with Crippen molar-refractivity contribution in [2.24, 2.45) is 0 Å². The van der Waals surface area contributed by atoms with Gasteiger partial charge in [0.05, 0.1) is 28.7 Å². The number of aromatic amines is 1. The number of nitrogens with zero attached hydrogens (tertiary/aromatic N) is 3. The molecule has 0 aliphatic carbocycles. The molecule has 6 nitrogen and oxygen atoms in total. The van der Waals surface area contributed by atoms with Crippen LogP contribution in [0, 0.1) is 18.3 Å². The van der Waals surface area contributed by atoms with Gasteiger partial charge in [-0.3, -0.25) is 4.98 Å². The molecular formula is C24H18N4O2. The summed E-state index contributed by atoms with van der Waals surface area (Å²) in [5.41, 5.74) is 5.99. The molecule has 2 aromatic carbocycles. The summed E-state index contributed by atoms with van der Waals surface area (Å²) in [6.45, 7) is 2.19. The third kappa shape index (κ3) is 3.38. The first-order valence-corrected chi connectivity index (χ1v) is 9.61. The average molecular weight is 394 g/mol. The van der Waals surface area contributed by atoms with Crippen molar-refractivity contribution in [1.82, 2.24) is 15.0 Å². The number of imidazole rings is 1. The molecule has 0 radical (unpaired) electrons. The van der Waals surface area contributed by atoms with Gasteiger partial charge < -0.3 is 14.5 Å². The van der Waals surface area contributed by atoms with Crippen LogP contribution in [-0.2, 0) is 6.42 Å². The number of fused-ring (bicyclic) bond motifs is 1. The molecule has 1 N–H and O–H groups in total. The highest BCUT2D eigenvalue weighted by atomic mass is 16.7. The number of aryl methyl sites for hydroxylation is 1. The minimum absolute atomic E-state index is 0.228. The van der Waals surface area contributed by atoms with Crippen LogP contribution < -0.4 is 9.47 Å². The number of H-pyrrole nitrogens is 1. The fourth-order valence-electron chi connectivity index (χ4n) is 3.57. The summed E-state index contributed by atoms with van der Waals surface area (Å²) < 4.78 is 11.0. The van der Waals surface area contributed by atoms with Gasteiger partial charge in [-0.2, -0.15) is 5.26 Å². The van der Waals surface area contributed by atoms with Gasteiger partial charge in [0, 0.05) is 17.7 Å². The third-order valence-corrected chi connectivity index (χ3v) is 4.97. The highest BCUT2D eigenvalue weighted by Crippen LogP contribution is 2.38. The molecule has 4 aromatic rings. The molecule has 0 bridgehead atoms. The highest BCUT2D eigenvalue weighted by Gasteiger charge is 2.19. The number of ether oxygens (including phenoxy) is 2. The second kappa shape index (κ2) is 7.37. The second-order valence-corrected chi connectivity index (χ2v) is 7.13. The standard InChI is InChI=1S/C24H18N4O2/c1-15-4-2-7-19(26-15)24-23(18-8-9-20-21(12-18)30-14-29-20)27-22(28-24)11-16-5-3-6-17(10-16)13-25/h2-10,12H,11,14H2,1H3,(H,27,28). The van der Waals surface area contributed by atoms with E-state index < -0.39 is 0 Å². The number of nitriles is 1. The van der Waals surface area contributed by atoms with Gasteiger partial charge in [-0.05, 0) is 55.0 Å². The van der Waals surface area contributed by atoms with E-state index >= 15 is 0 Å². The normalized spacial score (nSPS) is 12.0. The van der Waals surface area contributed by atoms with Crippen LogP contribution in [0.3, 0.4) is 0 Å². The number of hydrogen-bond acceptors (Lipinski definition) is 5. The quantitative estimate of drug-likeness (QED) is 0.545. The first-order valence-electron chi connectivity index (χ1n) is 9.61. The number of nitrogens with one attached hydrogen (secondary N) is 1. The van der Waals surface area contributed by atoms with Crippen LogP contribution in [0.15, 0.2) is 60.7 Å². The summed E-state index contributed by atoms with van der Waals surface area (Å²) in [5.74, 6) is 2.25. The fourth-order valence-corrected chi connectivity index (χ4v) is 3.57. The van der Waals surface area contributed by atoms with Gasteiger partial charge in [0.2, 0.25) is 6.79 Å². The van der Waals surface area contributed by atoms with Gasteiger partial charge >= 0.3 is 0 Å². The van der Waals surface area contributed by atoms with Crippen molar-refractivity contribution in [3.8, 4) is 40.2 Å².